The highest BCUT2D eigenvalue weighted by Crippen LogP contribution is 2.26. The molecule has 2 bridgehead atoms. The minimum absolute atomic E-state index is 0. The first-order chi connectivity index (χ1) is 13.7. The van der Waals surface area contributed by atoms with Crippen LogP contribution in [-0.4, -0.2) is 48.1 Å². The van der Waals surface area contributed by atoms with Crippen molar-refractivity contribution < 1.29 is 9.18 Å². The molecular formula is C21H32Cl2FN5O. The first kappa shape index (κ1) is 24.9. The van der Waals surface area contributed by atoms with Crippen molar-refractivity contribution in [2.24, 2.45) is 11.8 Å². The van der Waals surface area contributed by atoms with E-state index in [1.54, 1.807) is 6.07 Å². The van der Waals surface area contributed by atoms with E-state index in [4.69, 9.17) is 0 Å². The Hall–Kier alpha value is -1.41. The Morgan fingerprint density at radius 3 is 2.93 bits per heavy atom. The monoisotopic (exact) mass is 459 g/mol. The van der Waals surface area contributed by atoms with Gasteiger partial charge in [0.05, 0.1) is 11.0 Å². The molecule has 0 unspecified atom stereocenters. The molecular weight excluding hydrogens is 428 g/mol. The molecule has 0 spiro atoms. The zero-order valence-electron chi connectivity index (χ0n) is 17.1. The van der Waals surface area contributed by atoms with Gasteiger partial charge in [-0.2, -0.15) is 0 Å². The summed E-state index contributed by atoms with van der Waals surface area (Å²) in [6.07, 6.45) is 5.46. The second kappa shape index (κ2) is 11.8. The molecule has 0 radical (unpaired) electrons. The number of H-pyrrole nitrogens is 1. The van der Waals surface area contributed by atoms with E-state index in [9.17, 15) is 9.18 Å². The highest BCUT2D eigenvalue weighted by atomic mass is 35.5. The van der Waals surface area contributed by atoms with Gasteiger partial charge in [0.25, 0.3) is 0 Å². The Morgan fingerprint density at radius 2 is 2.07 bits per heavy atom. The van der Waals surface area contributed by atoms with Crippen LogP contribution >= 0.6 is 24.8 Å². The highest BCUT2D eigenvalue weighted by Gasteiger charge is 2.32. The second-order valence-corrected chi connectivity index (χ2v) is 8.23. The van der Waals surface area contributed by atoms with Crippen molar-refractivity contribution in [3.05, 3.63) is 29.8 Å². The molecule has 2 saturated heterocycles. The summed E-state index contributed by atoms with van der Waals surface area (Å²) in [6, 6.07) is 5.10. The number of piperidine rings is 2. The predicted molar refractivity (Wildman–Crippen MR) is 122 cm³/mol. The quantitative estimate of drug-likeness (QED) is 0.457. The standard InChI is InChI=1S/C21H30FN5O.2ClH/c22-16-6-7-18-19(10-16)27-20(26-18)4-2-8-24-21(28)5-1-3-17-15-9-14(12-25-17)11-23-13-15;;/h6-7,10,14-15,17,23,25H,1-5,8-9,11-13H2,(H,24,28)(H,26,27);2*1H/t14-,15+,17-;;/m0../s1. The third-order valence-electron chi connectivity index (χ3n) is 6.04. The van der Waals surface area contributed by atoms with Crippen LogP contribution in [-0.2, 0) is 11.2 Å². The number of carbonyl (C=O) groups excluding carboxylic acids is 1. The van der Waals surface area contributed by atoms with Crippen LogP contribution in [0.15, 0.2) is 18.2 Å². The maximum absolute atomic E-state index is 13.2. The molecule has 168 valence electrons. The van der Waals surface area contributed by atoms with Crippen molar-refractivity contribution in [3.63, 3.8) is 0 Å². The largest absolute Gasteiger partial charge is 0.356 e. The van der Waals surface area contributed by atoms with Crippen molar-refractivity contribution in [3.8, 4) is 0 Å². The number of carbonyl (C=O) groups is 1. The third-order valence-corrected chi connectivity index (χ3v) is 6.04. The number of hydrogen-bond acceptors (Lipinski definition) is 4. The Morgan fingerprint density at radius 1 is 1.20 bits per heavy atom. The first-order valence-corrected chi connectivity index (χ1v) is 10.5. The van der Waals surface area contributed by atoms with Gasteiger partial charge in [0.2, 0.25) is 5.91 Å². The van der Waals surface area contributed by atoms with Gasteiger partial charge in [0.1, 0.15) is 11.6 Å². The summed E-state index contributed by atoms with van der Waals surface area (Å²) in [7, 11) is 0. The minimum atomic E-state index is -0.266. The number of fused-ring (bicyclic) bond motifs is 3. The normalized spacial score (nSPS) is 22.8. The third kappa shape index (κ3) is 6.54. The first-order valence-electron chi connectivity index (χ1n) is 10.5. The molecule has 3 heterocycles. The maximum atomic E-state index is 13.2. The molecule has 1 aromatic heterocycles. The van der Waals surface area contributed by atoms with Crippen molar-refractivity contribution in [1.29, 1.82) is 0 Å². The van der Waals surface area contributed by atoms with E-state index in [0.717, 1.165) is 68.1 Å². The Bertz CT molecular complexity index is 818. The van der Waals surface area contributed by atoms with Gasteiger partial charge in [-0.15, -0.1) is 24.8 Å². The highest BCUT2D eigenvalue weighted by molar-refractivity contribution is 5.85. The van der Waals surface area contributed by atoms with Crippen LogP contribution in [0.1, 0.15) is 37.9 Å². The molecule has 4 N–H and O–H groups in total. The topological polar surface area (TPSA) is 81.8 Å². The van der Waals surface area contributed by atoms with Gasteiger partial charge >= 0.3 is 0 Å². The molecule has 2 aromatic rings. The van der Waals surface area contributed by atoms with E-state index in [1.165, 1.54) is 18.6 Å². The van der Waals surface area contributed by atoms with Crippen LogP contribution in [0.5, 0.6) is 0 Å². The Balaban J connectivity index is 0.00000160. The molecule has 4 rings (SSSR count). The number of aromatic amines is 1. The zero-order chi connectivity index (χ0) is 19.3. The van der Waals surface area contributed by atoms with Gasteiger partial charge in [0.15, 0.2) is 0 Å². The molecule has 2 fully saturated rings. The fourth-order valence-corrected chi connectivity index (χ4v) is 4.56. The molecule has 1 amide bonds. The number of benzene rings is 1. The minimum Gasteiger partial charge on any atom is -0.356 e. The fraction of sp³-hybridized carbons (Fsp3) is 0.619. The lowest BCUT2D eigenvalue weighted by Gasteiger charge is -2.41. The van der Waals surface area contributed by atoms with E-state index < -0.39 is 0 Å². The van der Waals surface area contributed by atoms with Gasteiger partial charge in [-0.05, 0) is 75.4 Å². The van der Waals surface area contributed by atoms with Crippen LogP contribution in [0, 0.1) is 17.7 Å². The molecule has 2 aliphatic rings. The van der Waals surface area contributed by atoms with Crippen molar-refractivity contribution >= 4 is 41.8 Å². The van der Waals surface area contributed by atoms with E-state index >= 15 is 0 Å². The van der Waals surface area contributed by atoms with Gasteiger partial charge in [0, 0.05) is 25.4 Å². The maximum Gasteiger partial charge on any atom is 0.219 e. The van der Waals surface area contributed by atoms with Gasteiger partial charge in [-0.1, -0.05) is 0 Å². The summed E-state index contributed by atoms with van der Waals surface area (Å²) in [5.41, 5.74) is 1.49. The number of hydrogen-bond donors (Lipinski definition) is 4. The number of halogens is 3. The van der Waals surface area contributed by atoms with Crippen LogP contribution in [0.2, 0.25) is 0 Å². The lowest BCUT2D eigenvalue weighted by atomic mass is 9.80. The molecule has 9 heteroatoms. The summed E-state index contributed by atoms with van der Waals surface area (Å²) in [5.74, 6) is 2.19. The number of nitrogens with one attached hydrogen (secondary N) is 4. The van der Waals surface area contributed by atoms with E-state index in [-0.39, 0.29) is 36.5 Å². The van der Waals surface area contributed by atoms with Crippen LogP contribution in [0.25, 0.3) is 11.0 Å². The SMILES string of the molecule is Cl.Cl.O=C(CCC[C@@H]1NC[C@@H]2CNC[C@H]1C2)NCCCc1nc2ccc(F)cc2[nH]1. The molecule has 3 atom stereocenters. The number of nitrogens with zero attached hydrogens (tertiary/aromatic N) is 1. The van der Waals surface area contributed by atoms with Crippen molar-refractivity contribution in [2.45, 2.75) is 44.6 Å². The van der Waals surface area contributed by atoms with Crippen molar-refractivity contribution in [1.82, 2.24) is 25.9 Å². The number of imidazole rings is 1. The molecule has 1 aromatic carbocycles. The second-order valence-electron chi connectivity index (χ2n) is 8.23. The zero-order valence-corrected chi connectivity index (χ0v) is 18.7. The molecule has 30 heavy (non-hydrogen) atoms. The summed E-state index contributed by atoms with van der Waals surface area (Å²) < 4.78 is 13.2. The molecule has 6 nitrogen and oxygen atoms in total. The predicted octanol–water partition coefficient (Wildman–Crippen LogP) is 2.96. The molecule has 0 saturated carbocycles. The average Bonchev–Trinajstić information content (AvgIpc) is 3.09. The van der Waals surface area contributed by atoms with E-state index in [2.05, 4.69) is 25.9 Å². The van der Waals surface area contributed by atoms with Gasteiger partial charge < -0.3 is 20.9 Å². The summed E-state index contributed by atoms with van der Waals surface area (Å²) >= 11 is 0. The lowest BCUT2D eigenvalue weighted by Crippen LogP contribution is -2.54. The lowest BCUT2D eigenvalue weighted by molar-refractivity contribution is -0.121. The number of aryl methyl sites for hydroxylation is 1. The number of amides is 1. The molecule has 2 aliphatic heterocycles. The summed E-state index contributed by atoms with van der Waals surface area (Å²) in [5, 5.41) is 10.2. The smallest absolute Gasteiger partial charge is 0.219 e. The van der Waals surface area contributed by atoms with Crippen LogP contribution in [0.3, 0.4) is 0 Å². The van der Waals surface area contributed by atoms with Crippen LogP contribution < -0.4 is 16.0 Å². The van der Waals surface area contributed by atoms with Gasteiger partial charge in [-0.25, -0.2) is 9.37 Å². The summed E-state index contributed by atoms with van der Waals surface area (Å²) in [6.45, 7) is 3.99. The number of rotatable bonds is 8. The fourth-order valence-electron chi connectivity index (χ4n) is 4.56. The Labute approximate surface area is 189 Å². The van der Waals surface area contributed by atoms with Crippen LogP contribution in [0.4, 0.5) is 4.39 Å². The number of aromatic nitrogens is 2. The summed E-state index contributed by atoms with van der Waals surface area (Å²) in [4.78, 5) is 19.7. The van der Waals surface area contributed by atoms with Gasteiger partial charge in [-0.3, -0.25) is 4.79 Å². The molecule has 0 aliphatic carbocycles. The Kier molecular flexibility index (Phi) is 9.81. The van der Waals surface area contributed by atoms with Crippen molar-refractivity contribution in [2.75, 3.05) is 26.2 Å². The van der Waals surface area contributed by atoms with E-state index in [1.807, 2.05) is 0 Å². The van der Waals surface area contributed by atoms with E-state index in [0.29, 0.717) is 24.9 Å². The average molecular weight is 460 g/mol.